The molecule has 0 saturated heterocycles. The highest BCUT2D eigenvalue weighted by molar-refractivity contribution is 6.46. The van der Waals surface area contributed by atoms with Gasteiger partial charge in [-0.3, -0.25) is 0 Å². The van der Waals surface area contributed by atoms with Crippen LogP contribution in [0.4, 0.5) is 0 Å². The van der Waals surface area contributed by atoms with E-state index in [1.54, 1.807) is 0 Å². The largest absolute Gasteiger partial charge is 0.0616 e. The van der Waals surface area contributed by atoms with Crippen LogP contribution in [0, 0.1) is 0 Å². The van der Waals surface area contributed by atoms with Crippen LogP contribution in [0.3, 0.4) is 0 Å². The zero-order valence-corrected chi connectivity index (χ0v) is 16.1. The number of hydrogen-bond donors (Lipinski definition) is 0. The van der Waals surface area contributed by atoms with Gasteiger partial charge in [0.1, 0.15) is 0 Å². The van der Waals surface area contributed by atoms with Gasteiger partial charge in [0, 0.05) is 0 Å². The molecule has 0 aliphatic carbocycles. The van der Waals surface area contributed by atoms with Crippen molar-refractivity contribution in [2.75, 3.05) is 0 Å². The molecule has 9 aromatic carbocycles. The second-order valence-electron chi connectivity index (χ2n) is 8.89. The van der Waals surface area contributed by atoms with Gasteiger partial charge < -0.3 is 0 Å². The van der Waals surface area contributed by atoms with Crippen molar-refractivity contribution in [1.29, 1.82) is 0 Å². The smallest absolute Gasteiger partial charge is 0.00136 e. The van der Waals surface area contributed by atoms with Crippen LogP contribution >= 0.6 is 0 Å². The summed E-state index contributed by atoms with van der Waals surface area (Å²) in [5.41, 5.74) is 0. The lowest BCUT2D eigenvalue weighted by atomic mass is 9.79. The molecule has 134 valence electrons. The molecule has 0 nitrogen and oxygen atoms in total. The molecule has 30 heavy (non-hydrogen) atoms. The SMILES string of the molecule is c1ccc2c(c1)c1cc3c4ccc5c6cc7c8ccccc8c7cc6c5c4c3cc21. The Bertz CT molecular complexity index is 1940. The third kappa shape index (κ3) is 1.31. The quantitative estimate of drug-likeness (QED) is 0.249. The predicted molar refractivity (Wildman–Crippen MR) is 131 cm³/mol. The van der Waals surface area contributed by atoms with Gasteiger partial charge in [0.05, 0.1) is 0 Å². The summed E-state index contributed by atoms with van der Waals surface area (Å²) in [5, 5.41) is 22.7. The van der Waals surface area contributed by atoms with Gasteiger partial charge in [-0.05, 0) is 110 Å². The van der Waals surface area contributed by atoms with E-state index >= 15 is 0 Å². The topological polar surface area (TPSA) is 0 Å². The molecule has 0 aliphatic rings. The van der Waals surface area contributed by atoms with Gasteiger partial charge in [0.2, 0.25) is 0 Å². The van der Waals surface area contributed by atoms with Crippen molar-refractivity contribution in [1.82, 2.24) is 0 Å². The van der Waals surface area contributed by atoms with Gasteiger partial charge in [-0.2, -0.15) is 0 Å². The van der Waals surface area contributed by atoms with Gasteiger partial charge in [-0.25, -0.2) is 0 Å². The Morgan fingerprint density at radius 1 is 0.233 bits per heavy atom. The predicted octanol–water partition coefficient (Wildman–Crippen LogP) is 8.66. The summed E-state index contributed by atoms with van der Waals surface area (Å²) in [6.07, 6.45) is 0. The van der Waals surface area contributed by atoms with E-state index in [-0.39, 0.29) is 0 Å². The molecule has 9 aromatic rings. The molecule has 0 heterocycles. The van der Waals surface area contributed by atoms with Crippen molar-refractivity contribution in [2.24, 2.45) is 0 Å². The second kappa shape index (κ2) is 4.32. The summed E-state index contributed by atoms with van der Waals surface area (Å²) in [4.78, 5) is 0. The minimum Gasteiger partial charge on any atom is -0.0616 e. The molecule has 0 N–H and O–H groups in total. The second-order valence-corrected chi connectivity index (χ2v) is 8.89. The summed E-state index contributed by atoms with van der Waals surface area (Å²) in [5.74, 6) is 0. The summed E-state index contributed by atoms with van der Waals surface area (Å²) in [6, 6.07) is 31.9. The fourth-order valence-corrected chi connectivity index (χ4v) is 6.22. The third-order valence-corrected chi connectivity index (χ3v) is 7.65. The lowest BCUT2D eigenvalue weighted by molar-refractivity contribution is 1.80. The molecule has 0 saturated carbocycles. The molecular formula is C30H14. The summed E-state index contributed by atoms with van der Waals surface area (Å²) < 4.78 is 0. The lowest BCUT2D eigenvalue weighted by Gasteiger charge is -2.23. The van der Waals surface area contributed by atoms with Crippen molar-refractivity contribution < 1.29 is 0 Å². The van der Waals surface area contributed by atoms with Crippen LogP contribution in [0.15, 0.2) is 84.9 Å². The van der Waals surface area contributed by atoms with E-state index in [9.17, 15) is 0 Å². The first kappa shape index (κ1) is 14.1. The molecule has 0 fully saturated rings. The molecule has 0 radical (unpaired) electrons. The Balaban J connectivity index is 1.43. The molecule has 0 bridgehead atoms. The Kier molecular flexibility index (Phi) is 2.04. The average Bonchev–Trinajstić information content (AvgIpc) is 2.76. The summed E-state index contributed by atoms with van der Waals surface area (Å²) in [7, 11) is 0. The minimum atomic E-state index is 1.40. The standard InChI is InChI=1S/C30H14/c1-3-7-17-15(5-1)21-11-25-19-9-10-20-26-12-22-16-6-2-4-8-18(16)24(22)14-28(26)30(20)29(19)27(25)13-23(17)21/h1-14H. The van der Waals surface area contributed by atoms with Gasteiger partial charge in [0.15, 0.2) is 0 Å². The van der Waals surface area contributed by atoms with Crippen molar-refractivity contribution in [3.05, 3.63) is 84.9 Å². The Morgan fingerprint density at radius 2 is 0.533 bits per heavy atom. The highest BCUT2D eigenvalue weighted by Crippen LogP contribution is 2.51. The highest BCUT2D eigenvalue weighted by atomic mass is 14.2. The van der Waals surface area contributed by atoms with Crippen LogP contribution in [0.5, 0.6) is 0 Å². The van der Waals surface area contributed by atoms with E-state index in [0.29, 0.717) is 0 Å². The van der Waals surface area contributed by atoms with E-state index in [0.717, 1.165) is 0 Å². The Hall–Kier alpha value is -3.90. The van der Waals surface area contributed by atoms with Crippen LogP contribution in [0.25, 0.3) is 86.2 Å². The highest BCUT2D eigenvalue weighted by Gasteiger charge is 2.22. The summed E-state index contributed by atoms with van der Waals surface area (Å²) in [6.45, 7) is 0. The average molecular weight is 374 g/mol. The van der Waals surface area contributed by atoms with Crippen LogP contribution in [-0.4, -0.2) is 0 Å². The molecule has 0 heteroatoms. The van der Waals surface area contributed by atoms with Crippen molar-refractivity contribution in [3.8, 4) is 0 Å². The molecule has 0 aromatic heterocycles. The number of benzene rings is 5. The molecule has 0 aliphatic heterocycles. The number of fused-ring (bicyclic) bond motifs is 17. The first-order valence-corrected chi connectivity index (χ1v) is 10.6. The van der Waals surface area contributed by atoms with E-state index < -0.39 is 0 Å². The molecular weight excluding hydrogens is 360 g/mol. The van der Waals surface area contributed by atoms with E-state index in [1.165, 1.54) is 86.2 Å². The maximum absolute atomic E-state index is 2.43. The maximum atomic E-state index is 2.43. The summed E-state index contributed by atoms with van der Waals surface area (Å²) >= 11 is 0. The Labute approximate surface area is 171 Å². The van der Waals surface area contributed by atoms with Crippen LogP contribution in [0.1, 0.15) is 0 Å². The Morgan fingerprint density at radius 3 is 0.900 bits per heavy atom. The molecule has 0 atom stereocenters. The normalized spacial score (nSPS) is 13.3. The first-order chi connectivity index (χ1) is 14.9. The zero-order valence-electron chi connectivity index (χ0n) is 16.1. The van der Waals surface area contributed by atoms with E-state index in [1.807, 2.05) is 0 Å². The monoisotopic (exact) mass is 374 g/mol. The molecule has 0 unspecified atom stereocenters. The number of hydrogen-bond acceptors (Lipinski definition) is 0. The minimum absolute atomic E-state index is 1.40. The first-order valence-electron chi connectivity index (χ1n) is 10.6. The van der Waals surface area contributed by atoms with Crippen molar-refractivity contribution in [3.63, 3.8) is 0 Å². The van der Waals surface area contributed by atoms with Gasteiger partial charge in [-0.15, -0.1) is 0 Å². The van der Waals surface area contributed by atoms with Crippen LogP contribution in [-0.2, 0) is 0 Å². The third-order valence-electron chi connectivity index (χ3n) is 7.65. The molecule has 0 spiro atoms. The fraction of sp³-hybridized carbons (Fsp3) is 0. The lowest BCUT2D eigenvalue weighted by Crippen LogP contribution is -1.95. The van der Waals surface area contributed by atoms with Gasteiger partial charge in [0.25, 0.3) is 0 Å². The van der Waals surface area contributed by atoms with Crippen LogP contribution in [0.2, 0.25) is 0 Å². The maximum Gasteiger partial charge on any atom is -0.00136 e. The van der Waals surface area contributed by atoms with Gasteiger partial charge in [-0.1, -0.05) is 60.7 Å². The molecule has 0 amide bonds. The fourth-order valence-electron chi connectivity index (χ4n) is 6.22. The van der Waals surface area contributed by atoms with Crippen LogP contribution < -0.4 is 0 Å². The molecule has 9 rings (SSSR count). The van der Waals surface area contributed by atoms with Crippen molar-refractivity contribution >= 4 is 86.2 Å². The zero-order chi connectivity index (χ0) is 19.1. The van der Waals surface area contributed by atoms with Gasteiger partial charge >= 0.3 is 0 Å². The number of rotatable bonds is 0. The van der Waals surface area contributed by atoms with Crippen molar-refractivity contribution in [2.45, 2.75) is 0 Å². The van der Waals surface area contributed by atoms with E-state index in [4.69, 9.17) is 0 Å². The van der Waals surface area contributed by atoms with E-state index in [2.05, 4.69) is 84.9 Å².